The zero-order valence-corrected chi connectivity index (χ0v) is 6.00. The molecule has 1 aromatic heterocycles. The molecule has 1 aromatic rings. The molecule has 0 fully saturated rings. The average Bonchev–Trinajstić information content (AvgIpc) is 2.45. The molecule has 0 amide bonds. The first-order valence-electron chi connectivity index (χ1n) is 3.10. The van der Waals surface area contributed by atoms with E-state index in [9.17, 15) is 0 Å². The van der Waals surface area contributed by atoms with E-state index in [-0.39, 0.29) is 0 Å². The molecule has 0 aliphatic carbocycles. The van der Waals surface area contributed by atoms with Crippen LogP contribution in [0.4, 0.5) is 0 Å². The van der Waals surface area contributed by atoms with Gasteiger partial charge in [-0.1, -0.05) is 19.2 Å². The van der Waals surface area contributed by atoms with Crippen LogP contribution in [0.15, 0.2) is 23.8 Å². The highest BCUT2D eigenvalue weighted by atomic mass is 16.3. The standard InChI is InChI=1S/C9H7NO/c1-3-8-7(5-10)6-11-9(8)4-2/h3-4,6H,1-2H2. The van der Waals surface area contributed by atoms with Crippen LogP contribution in [0.3, 0.4) is 0 Å². The van der Waals surface area contributed by atoms with Crippen LogP contribution in [0.25, 0.3) is 12.2 Å². The third-order valence-electron chi connectivity index (χ3n) is 1.37. The minimum absolute atomic E-state index is 0.495. The Bertz CT molecular complexity index is 328. The van der Waals surface area contributed by atoms with Crippen LogP contribution in [0.2, 0.25) is 0 Å². The van der Waals surface area contributed by atoms with Crippen LogP contribution in [-0.2, 0) is 0 Å². The highest BCUT2D eigenvalue weighted by Gasteiger charge is 2.06. The van der Waals surface area contributed by atoms with Gasteiger partial charge in [0.05, 0.1) is 5.56 Å². The van der Waals surface area contributed by atoms with Crippen molar-refractivity contribution in [1.29, 1.82) is 5.26 Å². The maximum absolute atomic E-state index is 8.57. The maximum Gasteiger partial charge on any atom is 0.134 e. The van der Waals surface area contributed by atoms with E-state index >= 15 is 0 Å². The number of nitriles is 1. The Hall–Kier alpha value is -1.75. The first-order valence-corrected chi connectivity index (χ1v) is 3.10. The molecule has 0 saturated heterocycles. The zero-order chi connectivity index (χ0) is 8.27. The van der Waals surface area contributed by atoms with Gasteiger partial charge in [0.15, 0.2) is 0 Å². The van der Waals surface area contributed by atoms with Crippen molar-refractivity contribution in [2.24, 2.45) is 0 Å². The van der Waals surface area contributed by atoms with Gasteiger partial charge in [0.1, 0.15) is 18.1 Å². The fourth-order valence-corrected chi connectivity index (χ4v) is 0.837. The van der Waals surface area contributed by atoms with Gasteiger partial charge in [-0.15, -0.1) is 0 Å². The molecule has 0 aromatic carbocycles. The molecule has 1 heterocycles. The average molecular weight is 145 g/mol. The van der Waals surface area contributed by atoms with Crippen molar-refractivity contribution >= 4 is 12.2 Å². The first-order chi connectivity index (χ1) is 5.33. The van der Waals surface area contributed by atoms with Gasteiger partial charge < -0.3 is 4.42 Å². The van der Waals surface area contributed by atoms with Gasteiger partial charge in [0.2, 0.25) is 0 Å². The SMILES string of the molecule is C=Cc1occ(C#N)c1C=C. The summed E-state index contributed by atoms with van der Waals surface area (Å²) >= 11 is 0. The molecule has 1 rings (SSSR count). The van der Waals surface area contributed by atoms with Gasteiger partial charge in [-0.25, -0.2) is 0 Å². The molecule has 0 N–H and O–H groups in total. The summed E-state index contributed by atoms with van der Waals surface area (Å²) in [5.74, 6) is 0.594. The van der Waals surface area contributed by atoms with Crippen molar-refractivity contribution in [3.05, 3.63) is 36.3 Å². The molecule has 0 radical (unpaired) electrons. The van der Waals surface area contributed by atoms with Crippen LogP contribution in [0.5, 0.6) is 0 Å². The van der Waals surface area contributed by atoms with E-state index in [1.165, 1.54) is 6.26 Å². The molecule has 11 heavy (non-hydrogen) atoms. The summed E-state index contributed by atoms with van der Waals surface area (Å²) in [6, 6.07) is 1.99. The van der Waals surface area contributed by atoms with Gasteiger partial charge in [-0.2, -0.15) is 5.26 Å². The molecule has 2 heteroatoms. The van der Waals surface area contributed by atoms with Crippen molar-refractivity contribution in [2.45, 2.75) is 0 Å². The van der Waals surface area contributed by atoms with Crippen molar-refractivity contribution < 1.29 is 4.42 Å². The largest absolute Gasteiger partial charge is 0.463 e. The lowest BCUT2D eigenvalue weighted by Gasteiger charge is -1.86. The summed E-state index contributed by atoms with van der Waals surface area (Å²) in [5, 5.41) is 8.57. The first kappa shape index (κ1) is 7.36. The molecule has 0 aliphatic heterocycles. The Labute approximate surface area is 65.1 Å². The van der Waals surface area contributed by atoms with E-state index in [1.54, 1.807) is 12.2 Å². The molecule has 54 valence electrons. The predicted molar refractivity (Wildman–Crippen MR) is 43.6 cm³/mol. The topological polar surface area (TPSA) is 36.9 Å². The predicted octanol–water partition coefficient (Wildman–Crippen LogP) is 2.44. The number of nitrogens with zero attached hydrogens (tertiary/aromatic N) is 1. The number of rotatable bonds is 2. The maximum atomic E-state index is 8.57. The van der Waals surface area contributed by atoms with Crippen LogP contribution in [0, 0.1) is 11.3 Å². The minimum Gasteiger partial charge on any atom is -0.463 e. The Morgan fingerprint density at radius 3 is 2.64 bits per heavy atom. The molecule has 0 spiro atoms. The fraction of sp³-hybridized carbons (Fsp3) is 0. The summed E-state index contributed by atoms with van der Waals surface area (Å²) in [7, 11) is 0. The lowest BCUT2D eigenvalue weighted by atomic mass is 10.1. The van der Waals surface area contributed by atoms with Gasteiger partial charge in [0, 0.05) is 5.56 Å². The summed E-state index contributed by atoms with van der Waals surface area (Å²) < 4.78 is 5.01. The third-order valence-corrected chi connectivity index (χ3v) is 1.37. The fourth-order valence-electron chi connectivity index (χ4n) is 0.837. The van der Waals surface area contributed by atoms with Gasteiger partial charge >= 0.3 is 0 Å². The van der Waals surface area contributed by atoms with E-state index in [0.717, 1.165) is 0 Å². The van der Waals surface area contributed by atoms with E-state index in [0.29, 0.717) is 16.9 Å². The Kier molecular flexibility index (Phi) is 1.93. The van der Waals surface area contributed by atoms with Crippen LogP contribution in [0.1, 0.15) is 16.9 Å². The molecule has 0 atom stereocenters. The lowest BCUT2D eigenvalue weighted by molar-refractivity contribution is 0.556. The molecule has 0 bridgehead atoms. The molecule has 0 saturated carbocycles. The normalized spacial score (nSPS) is 8.64. The Morgan fingerprint density at radius 2 is 2.18 bits per heavy atom. The monoisotopic (exact) mass is 145 g/mol. The number of hydrogen-bond acceptors (Lipinski definition) is 2. The number of hydrogen-bond donors (Lipinski definition) is 0. The van der Waals surface area contributed by atoms with E-state index < -0.39 is 0 Å². The minimum atomic E-state index is 0.495. The highest BCUT2D eigenvalue weighted by Crippen LogP contribution is 2.18. The Morgan fingerprint density at radius 1 is 1.45 bits per heavy atom. The lowest BCUT2D eigenvalue weighted by Crippen LogP contribution is -1.74. The second-order valence-corrected chi connectivity index (χ2v) is 1.95. The number of furan rings is 1. The van der Waals surface area contributed by atoms with Crippen LogP contribution < -0.4 is 0 Å². The van der Waals surface area contributed by atoms with E-state index in [2.05, 4.69) is 13.2 Å². The van der Waals surface area contributed by atoms with Gasteiger partial charge in [-0.3, -0.25) is 0 Å². The quantitative estimate of drug-likeness (QED) is 0.640. The highest BCUT2D eigenvalue weighted by molar-refractivity contribution is 5.65. The Balaban J connectivity index is 3.33. The molecule has 0 aliphatic rings. The second-order valence-electron chi connectivity index (χ2n) is 1.95. The van der Waals surface area contributed by atoms with Gasteiger partial charge in [0.25, 0.3) is 0 Å². The van der Waals surface area contributed by atoms with Crippen LogP contribution in [-0.4, -0.2) is 0 Å². The van der Waals surface area contributed by atoms with Crippen molar-refractivity contribution in [1.82, 2.24) is 0 Å². The molecule has 2 nitrogen and oxygen atoms in total. The second kappa shape index (κ2) is 2.89. The molecule has 0 unspecified atom stereocenters. The zero-order valence-electron chi connectivity index (χ0n) is 6.00. The smallest absolute Gasteiger partial charge is 0.134 e. The summed E-state index contributed by atoms with van der Waals surface area (Å²) in [4.78, 5) is 0. The van der Waals surface area contributed by atoms with Crippen LogP contribution >= 0.6 is 0 Å². The van der Waals surface area contributed by atoms with Crippen molar-refractivity contribution in [3.8, 4) is 6.07 Å². The van der Waals surface area contributed by atoms with Crippen molar-refractivity contribution in [2.75, 3.05) is 0 Å². The van der Waals surface area contributed by atoms with Crippen molar-refractivity contribution in [3.63, 3.8) is 0 Å². The van der Waals surface area contributed by atoms with E-state index in [1.807, 2.05) is 6.07 Å². The van der Waals surface area contributed by atoms with E-state index in [4.69, 9.17) is 9.68 Å². The molecular weight excluding hydrogens is 138 g/mol. The summed E-state index contributed by atoms with van der Waals surface area (Å²) in [5.41, 5.74) is 1.21. The van der Waals surface area contributed by atoms with Gasteiger partial charge in [-0.05, 0) is 6.08 Å². The molecular formula is C9H7NO. The summed E-state index contributed by atoms with van der Waals surface area (Å²) in [6.45, 7) is 7.10. The third kappa shape index (κ3) is 1.08. The summed E-state index contributed by atoms with van der Waals surface area (Å²) in [6.07, 6.45) is 4.53.